The van der Waals surface area contributed by atoms with E-state index in [4.69, 9.17) is 10.5 Å². The van der Waals surface area contributed by atoms with Gasteiger partial charge in [-0.15, -0.1) is 0 Å². The van der Waals surface area contributed by atoms with E-state index in [1.54, 1.807) is 4.68 Å². The van der Waals surface area contributed by atoms with Gasteiger partial charge in [-0.25, -0.2) is 4.79 Å². The minimum absolute atomic E-state index is 0.00888. The van der Waals surface area contributed by atoms with Gasteiger partial charge in [0.15, 0.2) is 0 Å². The molecule has 0 aliphatic heterocycles. The Labute approximate surface area is 262 Å². The van der Waals surface area contributed by atoms with E-state index in [9.17, 15) is 9.59 Å². The van der Waals surface area contributed by atoms with E-state index < -0.39 is 6.09 Å². The second-order valence-electron chi connectivity index (χ2n) is 13.1. The standard InChI is InChI=1S/C35H50N6O3/c1-8-9-19-39(5)30-18-13-26(21-29(30)37-34(43)44-7)25-12-10-11-24(20-25)23-41(28-16-14-27(36)15-17-28)33(42)31-22-32(35(2,3)4)38-40(31)6/h10-13,18,20-22,27-28H,8-9,14-17,19,23,36H2,1-7H3,(H,37,43). The number of aryl methyl sites for hydroxylation is 1. The maximum atomic E-state index is 14.2. The highest BCUT2D eigenvalue weighted by Gasteiger charge is 2.31. The molecule has 1 aliphatic carbocycles. The van der Waals surface area contributed by atoms with Crippen LogP contribution in [0.25, 0.3) is 11.1 Å². The van der Waals surface area contributed by atoms with Gasteiger partial charge in [-0.1, -0.05) is 58.4 Å². The molecule has 0 radical (unpaired) electrons. The van der Waals surface area contributed by atoms with Gasteiger partial charge < -0.3 is 20.3 Å². The number of carbonyl (C=O) groups excluding carboxylic acids is 2. The lowest BCUT2D eigenvalue weighted by molar-refractivity contribution is 0.0595. The lowest BCUT2D eigenvalue weighted by Gasteiger charge is -2.36. The minimum atomic E-state index is -0.507. The Kier molecular flexibility index (Phi) is 10.7. The molecule has 1 heterocycles. The largest absolute Gasteiger partial charge is 0.453 e. The van der Waals surface area contributed by atoms with Crippen LogP contribution in [0, 0.1) is 0 Å². The molecule has 1 fully saturated rings. The van der Waals surface area contributed by atoms with Gasteiger partial charge in [-0.2, -0.15) is 5.10 Å². The summed E-state index contributed by atoms with van der Waals surface area (Å²) in [5, 5.41) is 7.58. The van der Waals surface area contributed by atoms with Crippen LogP contribution >= 0.6 is 0 Å². The topological polar surface area (TPSA) is 106 Å². The number of hydrogen-bond donors (Lipinski definition) is 2. The lowest BCUT2D eigenvalue weighted by Crippen LogP contribution is -2.44. The molecule has 1 saturated carbocycles. The number of benzene rings is 2. The first-order chi connectivity index (χ1) is 20.9. The van der Waals surface area contributed by atoms with Gasteiger partial charge in [-0.05, 0) is 73.1 Å². The van der Waals surface area contributed by atoms with E-state index in [1.807, 2.05) is 43.3 Å². The number of methoxy groups -OCH3 is 1. The minimum Gasteiger partial charge on any atom is -0.453 e. The average molecular weight is 603 g/mol. The molecular weight excluding hydrogens is 552 g/mol. The van der Waals surface area contributed by atoms with Crippen LogP contribution in [0.3, 0.4) is 0 Å². The molecule has 4 rings (SSSR count). The fraction of sp³-hybridized carbons (Fsp3) is 0.514. The number of nitrogens with zero attached hydrogens (tertiary/aromatic N) is 4. The molecule has 1 aromatic heterocycles. The molecule has 3 N–H and O–H groups in total. The molecule has 9 heteroatoms. The van der Waals surface area contributed by atoms with Crippen molar-refractivity contribution < 1.29 is 14.3 Å². The van der Waals surface area contributed by atoms with Crippen LogP contribution in [-0.2, 0) is 23.7 Å². The van der Waals surface area contributed by atoms with Crippen LogP contribution in [0.4, 0.5) is 16.2 Å². The van der Waals surface area contributed by atoms with Crippen molar-refractivity contribution in [2.45, 2.75) is 90.3 Å². The Bertz CT molecular complexity index is 1430. The number of nitrogens with two attached hydrogens (primary N) is 1. The highest BCUT2D eigenvalue weighted by molar-refractivity contribution is 5.93. The van der Waals surface area contributed by atoms with Gasteiger partial charge in [0.1, 0.15) is 5.69 Å². The highest BCUT2D eigenvalue weighted by Crippen LogP contribution is 2.33. The quantitative estimate of drug-likeness (QED) is 0.267. The molecule has 0 spiro atoms. The summed E-state index contributed by atoms with van der Waals surface area (Å²) in [5.74, 6) is -0.00888. The van der Waals surface area contributed by atoms with Crippen molar-refractivity contribution in [3.63, 3.8) is 0 Å². The third-order valence-electron chi connectivity index (χ3n) is 8.60. The van der Waals surface area contributed by atoms with Crippen LogP contribution in [0.2, 0.25) is 0 Å². The summed E-state index contributed by atoms with van der Waals surface area (Å²) in [4.78, 5) is 30.6. The zero-order chi connectivity index (χ0) is 32.0. The fourth-order valence-corrected chi connectivity index (χ4v) is 5.83. The van der Waals surface area contributed by atoms with E-state index >= 15 is 0 Å². The average Bonchev–Trinajstić information content (AvgIpc) is 3.41. The predicted octanol–water partition coefficient (Wildman–Crippen LogP) is 6.71. The van der Waals surface area contributed by atoms with Crippen molar-refractivity contribution in [1.29, 1.82) is 0 Å². The fourth-order valence-electron chi connectivity index (χ4n) is 5.83. The first kappa shape index (κ1) is 33.1. The number of anilines is 2. The molecular formula is C35H50N6O3. The van der Waals surface area contributed by atoms with Gasteiger partial charge in [0.25, 0.3) is 5.91 Å². The van der Waals surface area contributed by atoms with Crippen LogP contribution in [-0.4, -0.2) is 59.5 Å². The van der Waals surface area contributed by atoms with Gasteiger partial charge in [-0.3, -0.25) is 14.8 Å². The summed E-state index contributed by atoms with van der Waals surface area (Å²) in [6.07, 6.45) is 5.20. The van der Waals surface area contributed by atoms with Crippen LogP contribution in [0.15, 0.2) is 48.5 Å². The summed E-state index contributed by atoms with van der Waals surface area (Å²) >= 11 is 0. The molecule has 0 atom stereocenters. The van der Waals surface area contributed by atoms with Crippen LogP contribution in [0.5, 0.6) is 0 Å². The first-order valence-electron chi connectivity index (χ1n) is 15.8. The summed E-state index contributed by atoms with van der Waals surface area (Å²) in [6, 6.07) is 16.6. The van der Waals surface area contributed by atoms with Crippen LogP contribution < -0.4 is 16.0 Å². The second kappa shape index (κ2) is 14.3. The lowest BCUT2D eigenvalue weighted by atomic mass is 9.90. The number of unbranched alkanes of at least 4 members (excludes halogenated alkanes) is 1. The third-order valence-corrected chi connectivity index (χ3v) is 8.60. The Morgan fingerprint density at radius 3 is 2.41 bits per heavy atom. The maximum Gasteiger partial charge on any atom is 0.411 e. The number of carbonyl (C=O) groups is 2. The van der Waals surface area contributed by atoms with E-state index in [0.29, 0.717) is 17.9 Å². The summed E-state index contributed by atoms with van der Waals surface area (Å²) in [6.45, 7) is 9.85. The van der Waals surface area contributed by atoms with Gasteiger partial charge in [0, 0.05) is 44.7 Å². The van der Waals surface area contributed by atoms with Crippen molar-refractivity contribution in [3.8, 4) is 11.1 Å². The van der Waals surface area contributed by atoms with E-state index in [-0.39, 0.29) is 23.4 Å². The Hall–Kier alpha value is -3.85. The highest BCUT2D eigenvalue weighted by atomic mass is 16.5. The van der Waals surface area contributed by atoms with Crippen molar-refractivity contribution in [1.82, 2.24) is 14.7 Å². The van der Waals surface area contributed by atoms with Crippen molar-refractivity contribution in [2.24, 2.45) is 12.8 Å². The number of rotatable bonds is 10. The first-order valence-corrected chi connectivity index (χ1v) is 15.8. The molecule has 238 valence electrons. The Morgan fingerprint density at radius 2 is 1.77 bits per heavy atom. The number of hydrogen-bond acceptors (Lipinski definition) is 6. The Morgan fingerprint density at radius 1 is 1.07 bits per heavy atom. The van der Waals surface area contributed by atoms with Crippen molar-refractivity contribution >= 4 is 23.4 Å². The zero-order valence-electron chi connectivity index (χ0n) is 27.5. The predicted molar refractivity (Wildman–Crippen MR) is 178 cm³/mol. The SMILES string of the molecule is CCCCN(C)c1ccc(-c2cccc(CN(C(=O)c3cc(C(C)(C)C)nn3C)C3CCC(N)CC3)c2)cc1NC(=O)OC. The summed E-state index contributed by atoms with van der Waals surface area (Å²) < 4.78 is 6.63. The Balaban J connectivity index is 1.66. The molecule has 44 heavy (non-hydrogen) atoms. The monoisotopic (exact) mass is 602 g/mol. The zero-order valence-corrected chi connectivity index (χ0v) is 27.5. The van der Waals surface area contributed by atoms with Crippen molar-refractivity contribution in [2.75, 3.05) is 30.9 Å². The molecule has 0 unspecified atom stereocenters. The van der Waals surface area contributed by atoms with E-state index in [1.165, 1.54) is 7.11 Å². The molecule has 3 aromatic rings. The molecule has 1 aliphatic rings. The smallest absolute Gasteiger partial charge is 0.411 e. The molecule has 0 bridgehead atoms. The number of ether oxygens (including phenoxy) is 1. The third kappa shape index (κ3) is 8.00. The van der Waals surface area contributed by atoms with E-state index in [2.05, 4.69) is 67.3 Å². The summed E-state index contributed by atoms with van der Waals surface area (Å²) in [5.41, 5.74) is 12.2. The van der Waals surface area contributed by atoms with Crippen molar-refractivity contribution in [3.05, 3.63) is 65.5 Å². The number of aromatic nitrogens is 2. The van der Waals surface area contributed by atoms with E-state index in [0.717, 1.165) is 73.1 Å². The molecule has 0 saturated heterocycles. The van der Waals surface area contributed by atoms with Gasteiger partial charge in [0.2, 0.25) is 0 Å². The number of nitrogens with one attached hydrogen (secondary N) is 1. The molecule has 2 aromatic carbocycles. The normalized spacial score (nSPS) is 16.8. The van der Waals surface area contributed by atoms with Gasteiger partial charge >= 0.3 is 6.09 Å². The summed E-state index contributed by atoms with van der Waals surface area (Å²) in [7, 11) is 5.25. The number of amides is 2. The van der Waals surface area contributed by atoms with Gasteiger partial charge in [0.05, 0.1) is 24.2 Å². The maximum absolute atomic E-state index is 14.2. The molecule has 9 nitrogen and oxygen atoms in total. The molecule has 2 amide bonds. The second-order valence-corrected chi connectivity index (χ2v) is 13.1. The van der Waals surface area contributed by atoms with Crippen LogP contribution in [0.1, 0.15) is 88.0 Å².